The fourth-order valence-electron chi connectivity index (χ4n) is 2.39. The van der Waals surface area contributed by atoms with Crippen LogP contribution in [0, 0.1) is 4.77 Å². The molecule has 2 aromatic rings. The number of aromatic nitrogens is 4. The lowest BCUT2D eigenvalue weighted by Crippen LogP contribution is -2.31. The van der Waals surface area contributed by atoms with Gasteiger partial charge in [-0.2, -0.15) is 5.10 Å². The fourth-order valence-corrected chi connectivity index (χ4v) is 2.58. The Morgan fingerprint density at radius 3 is 2.70 bits per heavy atom. The van der Waals surface area contributed by atoms with Crippen LogP contribution >= 0.6 is 12.2 Å². The molecule has 1 N–H and O–H groups in total. The van der Waals surface area contributed by atoms with Gasteiger partial charge >= 0.3 is 0 Å². The van der Waals surface area contributed by atoms with Crippen LogP contribution in [0.4, 0.5) is 0 Å². The lowest BCUT2D eigenvalue weighted by atomic mass is 10.2. The van der Waals surface area contributed by atoms with E-state index in [9.17, 15) is 4.79 Å². The van der Waals surface area contributed by atoms with E-state index in [4.69, 9.17) is 12.2 Å². The van der Waals surface area contributed by atoms with Crippen LogP contribution in [-0.4, -0.2) is 43.6 Å². The van der Waals surface area contributed by atoms with Crippen LogP contribution in [0.2, 0.25) is 0 Å². The maximum atomic E-state index is 12.3. The Kier molecular flexibility index (Phi) is 3.60. The summed E-state index contributed by atoms with van der Waals surface area (Å²) < 4.78 is 2.20. The summed E-state index contributed by atoms with van der Waals surface area (Å²) in [7, 11) is 0. The molecular formula is C13H15N5OS. The number of rotatable bonds is 3. The van der Waals surface area contributed by atoms with Crippen LogP contribution in [0.3, 0.4) is 0 Å². The summed E-state index contributed by atoms with van der Waals surface area (Å²) in [5, 5.41) is 6.97. The molecule has 104 valence electrons. The lowest BCUT2D eigenvalue weighted by molar-refractivity contribution is -0.130. The minimum Gasteiger partial charge on any atom is -0.341 e. The first kappa shape index (κ1) is 13.0. The van der Waals surface area contributed by atoms with Crippen molar-refractivity contribution in [3.8, 4) is 11.4 Å². The molecule has 1 aliphatic rings. The van der Waals surface area contributed by atoms with E-state index in [1.54, 1.807) is 17.0 Å². The van der Waals surface area contributed by atoms with Crippen molar-refractivity contribution in [3.05, 3.63) is 29.3 Å². The van der Waals surface area contributed by atoms with Crippen molar-refractivity contribution < 1.29 is 4.79 Å². The molecule has 3 heterocycles. The molecule has 2 aromatic heterocycles. The third-order valence-corrected chi connectivity index (χ3v) is 3.76. The molecule has 0 aliphatic carbocycles. The minimum absolute atomic E-state index is 0.0929. The molecule has 1 amide bonds. The highest BCUT2D eigenvalue weighted by molar-refractivity contribution is 7.71. The highest BCUT2D eigenvalue weighted by Gasteiger charge is 2.20. The van der Waals surface area contributed by atoms with Crippen LogP contribution in [-0.2, 0) is 11.3 Å². The standard InChI is InChI=1S/C13H15N5OS/c19-11(17-7-1-2-8-17)9-18-12(15-16-13(18)20)10-3-5-14-6-4-10/h3-6H,1-2,7-9H2,(H,16,20). The van der Waals surface area contributed by atoms with Gasteiger partial charge in [0, 0.05) is 31.0 Å². The molecule has 0 aromatic carbocycles. The maximum absolute atomic E-state index is 12.3. The third-order valence-electron chi connectivity index (χ3n) is 3.45. The van der Waals surface area contributed by atoms with Gasteiger partial charge in [-0.25, -0.2) is 0 Å². The molecule has 3 rings (SSSR count). The molecule has 20 heavy (non-hydrogen) atoms. The lowest BCUT2D eigenvalue weighted by Gasteiger charge is -2.16. The van der Waals surface area contributed by atoms with Crippen LogP contribution in [0.15, 0.2) is 24.5 Å². The number of carbonyl (C=O) groups excluding carboxylic acids is 1. The summed E-state index contributed by atoms with van der Waals surface area (Å²) in [6.07, 6.45) is 5.55. The Labute approximate surface area is 121 Å². The van der Waals surface area contributed by atoms with Gasteiger partial charge in [0.25, 0.3) is 0 Å². The second-order valence-electron chi connectivity index (χ2n) is 4.76. The smallest absolute Gasteiger partial charge is 0.242 e. The molecule has 0 bridgehead atoms. The Morgan fingerprint density at radius 1 is 1.30 bits per heavy atom. The molecule has 1 aliphatic heterocycles. The second-order valence-corrected chi connectivity index (χ2v) is 5.15. The zero-order chi connectivity index (χ0) is 13.9. The number of hydrogen-bond acceptors (Lipinski definition) is 4. The summed E-state index contributed by atoms with van der Waals surface area (Å²) in [4.78, 5) is 18.1. The van der Waals surface area contributed by atoms with Gasteiger partial charge in [0.1, 0.15) is 6.54 Å². The normalized spacial score (nSPS) is 14.7. The van der Waals surface area contributed by atoms with E-state index in [0.29, 0.717) is 10.6 Å². The summed E-state index contributed by atoms with van der Waals surface area (Å²) in [5.41, 5.74) is 0.890. The zero-order valence-corrected chi connectivity index (χ0v) is 11.8. The number of pyridine rings is 1. The predicted molar refractivity (Wildman–Crippen MR) is 76.5 cm³/mol. The topological polar surface area (TPSA) is 66.8 Å². The SMILES string of the molecule is O=C(Cn1c(-c2ccncc2)n[nH]c1=S)N1CCCC1. The molecule has 7 heteroatoms. The van der Waals surface area contributed by atoms with Crippen molar-refractivity contribution in [1.82, 2.24) is 24.6 Å². The summed E-state index contributed by atoms with van der Waals surface area (Å²) >= 11 is 5.22. The van der Waals surface area contributed by atoms with Gasteiger partial charge in [-0.05, 0) is 37.2 Å². The number of H-pyrrole nitrogens is 1. The Hall–Kier alpha value is -2.02. The molecule has 1 fully saturated rings. The molecule has 6 nitrogen and oxygen atoms in total. The van der Waals surface area contributed by atoms with Crippen LogP contribution in [0.5, 0.6) is 0 Å². The molecule has 0 saturated carbocycles. The average molecular weight is 289 g/mol. The number of hydrogen-bond donors (Lipinski definition) is 1. The Balaban J connectivity index is 1.88. The highest BCUT2D eigenvalue weighted by atomic mass is 32.1. The largest absolute Gasteiger partial charge is 0.341 e. The third kappa shape index (κ3) is 2.49. The quantitative estimate of drug-likeness (QED) is 0.872. The van der Waals surface area contributed by atoms with Gasteiger partial charge in [-0.15, -0.1) is 0 Å². The van der Waals surface area contributed by atoms with E-state index in [1.165, 1.54) is 0 Å². The Bertz CT molecular complexity index is 657. The van der Waals surface area contributed by atoms with E-state index >= 15 is 0 Å². The minimum atomic E-state index is 0.0929. The van der Waals surface area contributed by atoms with Gasteiger partial charge in [0.2, 0.25) is 5.91 Å². The molecule has 0 radical (unpaired) electrons. The van der Waals surface area contributed by atoms with Gasteiger partial charge < -0.3 is 4.90 Å². The maximum Gasteiger partial charge on any atom is 0.242 e. The number of amides is 1. The number of carbonyl (C=O) groups is 1. The highest BCUT2D eigenvalue weighted by Crippen LogP contribution is 2.17. The molecule has 1 saturated heterocycles. The molecular weight excluding hydrogens is 274 g/mol. The fraction of sp³-hybridized carbons (Fsp3) is 0.385. The van der Waals surface area contributed by atoms with Crippen molar-refractivity contribution in [1.29, 1.82) is 0 Å². The van der Waals surface area contributed by atoms with Crippen molar-refractivity contribution in [2.24, 2.45) is 0 Å². The van der Waals surface area contributed by atoms with E-state index in [0.717, 1.165) is 31.5 Å². The summed E-state index contributed by atoms with van der Waals surface area (Å²) in [5.74, 6) is 0.764. The average Bonchev–Trinajstić information content (AvgIpc) is 3.11. The molecule has 0 unspecified atom stereocenters. The number of likely N-dealkylation sites (tertiary alicyclic amines) is 1. The Morgan fingerprint density at radius 2 is 2.00 bits per heavy atom. The van der Waals surface area contributed by atoms with Crippen LogP contribution in [0.25, 0.3) is 11.4 Å². The van der Waals surface area contributed by atoms with Crippen molar-refractivity contribution in [2.75, 3.05) is 13.1 Å². The van der Waals surface area contributed by atoms with E-state index in [2.05, 4.69) is 15.2 Å². The van der Waals surface area contributed by atoms with E-state index in [1.807, 2.05) is 17.0 Å². The van der Waals surface area contributed by atoms with Gasteiger partial charge in [-0.3, -0.25) is 19.4 Å². The van der Waals surface area contributed by atoms with Gasteiger partial charge in [-0.1, -0.05) is 0 Å². The summed E-state index contributed by atoms with van der Waals surface area (Å²) in [6, 6.07) is 3.70. The number of nitrogens with zero attached hydrogens (tertiary/aromatic N) is 4. The van der Waals surface area contributed by atoms with Crippen molar-refractivity contribution in [2.45, 2.75) is 19.4 Å². The van der Waals surface area contributed by atoms with Crippen LogP contribution in [0.1, 0.15) is 12.8 Å². The van der Waals surface area contributed by atoms with Gasteiger partial charge in [0.05, 0.1) is 0 Å². The second kappa shape index (κ2) is 5.54. The zero-order valence-electron chi connectivity index (χ0n) is 11.0. The van der Waals surface area contributed by atoms with E-state index in [-0.39, 0.29) is 12.5 Å². The first-order valence-corrected chi connectivity index (χ1v) is 7.00. The predicted octanol–water partition coefficient (Wildman–Crippen LogP) is 1.63. The van der Waals surface area contributed by atoms with E-state index < -0.39 is 0 Å². The first-order valence-electron chi connectivity index (χ1n) is 6.59. The van der Waals surface area contributed by atoms with Crippen molar-refractivity contribution >= 4 is 18.1 Å². The number of nitrogens with one attached hydrogen (secondary N) is 1. The first-order chi connectivity index (χ1) is 9.75. The van der Waals surface area contributed by atoms with Crippen molar-refractivity contribution in [3.63, 3.8) is 0 Å². The monoisotopic (exact) mass is 289 g/mol. The molecule has 0 spiro atoms. The van der Waals surface area contributed by atoms with Crippen LogP contribution < -0.4 is 0 Å². The number of aromatic amines is 1. The summed E-state index contributed by atoms with van der Waals surface area (Å²) in [6.45, 7) is 1.91. The molecule has 0 atom stereocenters. The van der Waals surface area contributed by atoms with Gasteiger partial charge in [0.15, 0.2) is 10.6 Å².